The Balaban J connectivity index is 1.65. The normalized spacial score (nSPS) is 12.9. The molecule has 172 valence electrons. The van der Waals surface area contributed by atoms with Gasteiger partial charge >= 0.3 is 0 Å². The van der Waals surface area contributed by atoms with Crippen molar-refractivity contribution in [2.45, 2.75) is 46.2 Å². The first-order chi connectivity index (χ1) is 16.7. The maximum atomic E-state index is 13.8. The van der Waals surface area contributed by atoms with Crippen LogP contribution in [0.25, 0.3) is 33.2 Å². The highest BCUT2D eigenvalue weighted by molar-refractivity contribution is 6.04. The third kappa shape index (κ3) is 3.21. The van der Waals surface area contributed by atoms with Crippen molar-refractivity contribution < 1.29 is 9.47 Å². The van der Waals surface area contributed by atoms with Crippen molar-refractivity contribution in [3.8, 4) is 11.5 Å². The molecule has 0 aliphatic carbocycles. The summed E-state index contributed by atoms with van der Waals surface area (Å²) in [6.07, 6.45) is 2.60. The fourth-order valence-electron chi connectivity index (χ4n) is 4.62. The quantitative estimate of drug-likeness (QED) is 0.377. The summed E-state index contributed by atoms with van der Waals surface area (Å²) in [5, 5.41) is 0.530. The van der Waals surface area contributed by atoms with Crippen molar-refractivity contribution in [2.75, 3.05) is 6.79 Å². The smallest absolute Gasteiger partial charge is 0.265 e. The predicted octanol–water partition coefficient (Wildman–Crippen LogP) is 4.43. The van der Waals surface area contributed by atoms with Crippen LogP contribution in [0.5, 0.6) is 11.5 Å². The van der Waals surface area contributed by atoms with E-state index in [1.54, 1.807) is 0 Å². The zero-order valence-corrected chi connectivity index (χ0v) is 19.2. The van der Waals surface area contributed by atoms with E-state index in [-0.39, 0.29) is 12.4 Å². The van der Waals surface area contributed by atoms with Gasteiger partial charge in [-0.3, -0.25) is 9.36 Å². The standard InChI is InChI=1S/C26H25N5O3/c1-3-5-12-30-21(4-2)29-24-22(26(30)32)23-25(28-18-9-7-6-8-17(18)27-23)31(24)14-16-10-11-19-20(13-16)34-15-33-19/h6-11,13H,3-5,12,14-15H2,1-2H3. The second-order valence-electron chi connectivity index (χ2n) is 8.55. The topological polar surface area (TPSA) is 84.1 Å². The van der Waals surface area contributed by atoms with Gasteiger partial charge in [0.15, 0.2) is 22.8 Å². The molecule has 0 unspecified atom stereocenters. The Morgan fingerprint density at radius 3 is 2.50 bits per heavy atom. The third-order valence-corrected chi connectivity index (χ3v) is 6.36. The van der Waals surface area contributed by atoms with E-state index >= 15 is 0 Å². The maximum Gasteiger partial charge on any atom is 0.265 e. The number of nitrogens with zero attached hydrogens (tertiary/aromatic N) is 5. The lowest BCUT2D eigenvalue weighted by atomic mass is 10.2. The van der Waals surface area contributed by atoms with Crippen LogP contribution in [0, 0.1) is 0 Å². The number of rotatable bonds is 6. The lowest BCUT2D eigenvalue weighted by Crippen LogP contribution is -2.25. The number of hydrogen-bond donors (Lipinski definition) is 0. The van der Waals surface area contributed by atoms with Gasteiger partial charge in [-0.25, -0.2) is 15.0 Å². The fraction of sp³-hybridized carbons (Fsp3) is 0.308. The van der Waals surface area contributed by atoms with Gasteiger partial charge in [-0.1, -0.05) is 38.5 Å². The number of fused-ring (bicyclic) bond motifs is 5. The molecule has 2 aromatic carbocycles. The average molecular weight is 456 g/mol. The highest BCUT2D eigenvalue weighted by Gasteiger charge is 2.22. The Morgan fingerprint density at radius 2 is 1.71 bits per heavy atom. The molecule has 34 heavy (non-hydrogen) atoms. The van der Waals surface area contributed by atoms with Gasteiger partial charge in [-0.05, 0) is 36.2 Å². The third-order valence-electron chi connectivity index (χ3n) is 6.36. The van der Waals surface area contributed by atoms with Crippen molar-refractivity contribution >= 4 is 33.2 Å². The zero-order chi connectivity index (χ0) is 23.2. The average Bonchev–Trinajstić information content (AvgIpc) is 3.44. The van der Waals surface area contributed by atoms with Gasteiger partial charge in [0.2, 0.25) is 6.79 Å². The second-order valence-corrected chi connectivity index (χ2v) is 8.55. The van der Waals surface area contributed by atoms with Crippen LogP contribution in [-0.4, -0.2) is 30.9 Å². The molecule has 1 aliphatic rings. The zero-order valence-electron chi connectivity index (χ0n) is 19.2. The molecular formula is C26H25N5O3. The van der Waals surface area contributed by atoms with Crippen LogP contribution in [0.4, 0.5) is 0 Å². The van der Waals surface area contributed by atoms with E-state index in [1.807, 2.05) is 58.5 Å². The maximum absolute atomic E-state index is 13.8. The van der Waals surface area contributed by atoms with Crippen LogP contribution < -0.4 is 15.0 Å². The minimum absolute atomic E-state index is 0.0469. The SMILES string of the molecule is CCCCn1c(CC)nc2c(c1=O)c1nc3ccccc3nc1n2Cc1ccc2c(c1)OCO2. The molecule has 1 aliphatic heterocycles. The van der Waals surface area contributed by atoms with Crippen LogP contribution >= 0.6 is 0 Å². The van der Waals surface area contributed by atoms with Crippen LogP contribution in [0.15, 0.2) is 47.3 Å². The van der Waals surface area contributed by atoms with Gasteiger partial charge in [0.25, 0.3) is 5.56 Å². The Hall–Kier alpha value is -3.94. The Morgan fingerprint density at radius 1 is 0.912 bits per heavy atom. The summed E-state index contributed by atoms with van der Waals surface area (Å²) in [6.45, 7) is 5.52. The molecule has 0 saturated heterocycles. The van der Waals surface area contributed by atoms with Crippen molar-refractivity contribution in [3.63, 3.8) is 0 Å². The van der Waals surface area contributed by atoms with E-state index in [2.05, 4.69) is 6.92 Å². The molecule has 0 N–H and O–H groups in total. The molecule has 0 amide bonds. The lowest BCUT2D eigenvalue weighted by Gasteiger charge is -2.12. The molecule has 0 bridgehead atoms. The predicted molar refractivity (Wildman–Crippen MR) is 131 cm³/mol. The first-order valence-corrected chi connectivity index (χ1v) is 11.7. The molecule has 4 heterocycles. The van der Waals surface area contributed by atoms with E-state index in [9.17, 15) is 4.79 Å². The number of aromatic nitrogens is 5. The summed E-state index contributed by atoms with van der Waals surface area (Å²) in [5.74, 6) is 2.24. The molecule has 0 spiro atoms. The van der Waals surface area contributed by atoms with E-state index in [4.69, 9.17) is 24.4 Å². The Labute approximate surface area is 195 Å². The molecule has 6 rings (SSSR count). The molecule has 8 nitrogen and oxygen atoms in total. The van der Waals surface area contributed by atoms with Gasteiger partial charge in [0, 0.05) is 13.0 Å². The number of unbranched alkanes of at least 4 members (excludes halogenated alkanes) is 1. The Kier molecular flexibility index (Phi) is 4.94. The number of para-hydroxylation sites is 2. The first-order valence-electron chi connectivity index (χ1n) is 11.7. The molecule has 5 aromatic rings. The van der Waals surface area contributed by atoms with Gasteiger partial charge in [0.1, 0.15) is 16.7 Å². The van der Waals surface area contributed by atoms with Crippen molar-refractivity contribution in [1.82, 2.24) is 24.1 Å². The minimum Gasteiger partial charge on any atom is -0.454 e. The van der Waals surface area contributed by atoms with Crippen molar-refractivity contribution in [3.05, 3.63) is 64.2 Å². The number of aryl methyl sites for hydroxylation is 1. The summed E-state index contributed by atoms with van der Waals surface area (Å²) in [5.41, 5.74) is 4.38. The molecule has 0 saturated carbocycles. The Bertz CT molecular complexity index is 1620. The fourth-order valence-corrected chi connectivity index (χ4v) is 4.62. The highest BCUT2D eigenvalue weighted by atomic mass is 16.7. The monoisotopic (exact) mass is 455 g/mol. The summed E-state index contributed by atoms with van der Waals surface area (Å²) in [7, 11) is 0. The van der Waals surface area contributed by atoms with Crippen molar-refractivity contribution in [2.24, 2.45) is 0 Å². The summed E-state index contributed by atoms with van der Waals surface area (Å²) >= 11 is 0. The van der Waals surface area contributed by atoms with E-state index in [1.165, 1.54) is 0 Å². The minimum atomic E-state index is -0.0469. The molecular weight excluding hydrogens is 430 g/mol. The number of benzene rings is 2. The van der Waals surface area contributed by atoms with Crippen LogP contribution in [0.1, 0.15) is 38.1 Å². The van der Waals surface area contributed by atoms with E-state index < -0.39 is 0 Å². The second kappa shape index (κ2) is 8.13. The highest BCUT2D eigenvalue weighted by Crippen LogP contribution is 2.34. The molecule has 0 radical (unpaired) electrons. The molecule has 0 atom stereocenters. The molecule has 0 fully saturated rings. The summed E-state index contributed by atoms with van der Waals surface area (Å²) < 4.78 is 14.9. The molecule has 3 aromatic heterocycles. The van der Waals surface area contributed by atoms with Crippen molar-refractivity contribution in [1.29, 1.82) is 0 Å². The number of hydrogen-bond acceptors (Lipinski definition) is 6. The number of ether oxygens (including phenoxy) is 2. The van der Waals surface area contributed by atoms with Crippen LogP contribution in [0.3, 0.4) is 0 Å². The van der Waals surface area contributed by atoms with Gasteiger partial charge < -0.3 is 14.0 Å². The van der Waals surface area contributed by atoms with Gasteiger partial charge in [0.05, 0.1) is 17.6 Å². The van der Waals surface area contributed by atoms with E-state index in [0.29, 0.717) is 41.7 Å². The summed E-state index contributed by atoms with van der Waals surface area (Å²) in [4.78, 5) is 28.6. The summed E-state index contributed by atoms with van der Waals surface area (Å²) in [6, 6.07) is 13.6. The van der Waals surface area contributed by atoms with Crippen LogP contribution in [0.2, 0.25) is 0 Å². The van der Waals surface area contributed by atoms with E-state index in [0.717, 1.165) is 46.8 Å². The largest absolute Gasteiger partial charge is 0.454 e. The lowest BCUT2D eigenvalue weighted by molar-refractivity contribution is 0.174. The van der Waals surface area contributed by atoms with Gasteiger partial charge in [-0.15, -0.1) is 0 Å². The van der Waals surface area contributed by atoms with Gasteiger partial charge in [-0.2, -0.15) is 0 Å². The first kappa shape index (κ1) is 20.7. The molecule has 8 heteroatoms. The van der Waals surface area contributed by atoms with Crippen LogP contribution in [-0.2, 0) is 19.5 Å².